The Labute approximate surface area is 64.6 Å². The molecule has 0 heterocycles. The number of allylic oxidation sites excluding steroid dienone is 1. The van der Waals surface area contributed by atoms with Crippen molar-refractivity contribution in [3.63, 3.8) is 0 Å². The molecule has 0 aliphatic rings. The Kier molecular flexibility index (Phi) is 3.50. The van der Waals surface area contributed by atoms with Gasteiger partial charge in [0.1, 0.15) is 11.0 Å². The van der Waals surface area contributed by atoms with Gasteiger partial charge in [0, 0.05) is 6.21 Å². The van der Waals surface area contributed by atoms with E-state index in [4.69, 9.17) is 0 Å². The van der Waals surface area contributed by atoms with Crippen molar-refractivity contribution in [1.29, 1.82) is 0 Å². The largest absolute Gasteiger partial charge is 0.234 e. The lowest BCUT2D eigenvalue weighted by Gasteiger charge is -2.12. The van der Waals surface area contributed by atoms with Gasteiger partial charge < -0.3 is 0 Å². The second-order valence-corrected chi connectivity index (χ2v) is 4.79. The first kappa shape index (κ1) is 9.56. The minimum atomic E-state index is -1.14. The summed E-state index contributed by atoms with van der Waals surface area (Å²) >= 11 is 0. The van der Waals surface area contributed by atoms with E-state index in [0.717, 1.165) is 0 Å². The maximum Gasteiger partial charge on any atom is 0.144 e. The average Bonchev–Trinajstić information content (AvgIpc) is 1.80. The third-order valence-electron chi connectivity index (χ3n) is 0.786. The first-order valence-corrected chi connectivity index (χ1v) is 4.16. The van der Waals surface area contributed by atoms with Crippen LogP contribution in [0.25, 0.3) is 0 Å². The van der Waals surface area contributed by atoms with E-state index in [1.807, 2.05) is 20.8 Å². The standard InChI is InChI=1S/C7H13NOS/c1-5-6-8-10(9)7(2,3)4/h5-6H,1H2,2-4H3/b8-6+/t10-/m0/s1. The van der Waals surface area contributed by atoms with Crippen LogP contribution < -0.4 is 0 Å². The predicted octanol–water partition coefficient (Wildman–Crippen LogP) is 1.71. The van der Waals surface area contributed by atoms with Gasteiger partial charge >= 0.3 is 0 Å². The van der Waals surface area contributed by atoms with Crippen molar-refractivity contribution in [3.05, 3.63) is 12.7 Å². The maximum absolute atomic E-state index is 11.1. The highest BCUT2D eigenvalue weighted by molar-refractivity contribution is 7.85. The third kappa shape index (κ3) is 3.56. The Morgan fingerprint density at radius 2 is 2.00 bits per heavy atom. The molecule has 0 amide bonds. The van der Waals surface area contributed by atoms with Gasteiger partial charge in [-0.2, -0.15) is 4.40 Å². The zero-order chi connectivity index (χ0) is 8.20. The summed E-state index contributed by atoms with van der Waals surface area (Å²) in [5, 5.41) is 0. The Hall–Kier alpha value is -0.440. The van der Waals surface area contributed by atoms with E-state index in [9.17, 15) is 4.21 Å². The number of hydrogen-bond acceptors (Lipinski definition) is 1. The van der Waals surface area contributed by atoms with Gasteiger partial charge in [0.15, 0.2) is 0 Å². The molecule has 0 aromatic carbocycles. The summed E-state index contributed by atoms with van der Waals surface area (Å²) in [5.74, 6) is 0. The van der Waals surface area contributed by atoms with Crippen LogP contribution in [0.2, 0.25) is 0 Å². The average molecular weight is 159 g/mol. The lowest BCUT2D eigenvalue weighted by Crippen LogP contribution is -2.19. The van der Waals surface area contributed by atoms with Gasteiger partial charge in [0.25, 0.3) is 0 Å². The molecule has 0 aliphatic carbocycles. The van der Waals surface area contributed by atoms with Gasteiger partial charge in [-0.15, -0.1) is 0 Å². The second kappa shape index (κ2) is 3.66. The summed E-state index contributed by atoms with van der Waals surface area (Å²) in [6.45, 7) is 9.07. The topological polar surface area (TPSA) is 29.4 Å². The van der Waals surface area contributed by atoms with Gasteiger partial charge in [-0.1, -0.05) is 12.7 Å². The van der Waals surface area contributed by atoms with Crippen molar-refractivity contribution < 1.29 is 4.21 Å². The van der Waals surface area contributed by atoms with Crippen molar-refractivity contribution in [2.45, 2.75) is 25.5 Å². The van der Waals surface area contributed by atoms with E-state index in [0.29, 0.717) is 0 Å². The number of hydrogen-bond donors (Lipinski definition) is 0. The molecule has 0 saturated carbocycles. The summed E-state index contributed by atoms with van der Waals surface area (Å²) in [6.07, 6.45) is 2.98. The molecule has 0 saturated heterocycles. The highest BCUT2D eigenvalue weighted by atomic mass is 32.2. The fraction of sp³-hybridized carbons (Fsp3) is 0.571. The Balaban J connectivity index is 4.11. The van der Waals surface area contributed by atoms with Crippen LogP contribution >= 0.6 is 0 Å². The molecular weight excluding hydrogens is 146 g/mol. The van der Waals surface area contributed by atoms with Crippen LogP contribution in [0.1, 0.15) is 20.8 Å². The van der Waals surface area contributed by atoms with Gasteiger partial charge in [0.2, 0.25) is 0 Å². The first-order chi connectivity index (χ1) is 4.48. The molecule has 0 aromatic heterocycles. The zero-order valence-electron chi connectivity index (χ0n) is 6.63. The molecular formula is C7H13NOS. The SMILES string of the molecule is C=C/C=N/[S@@](=O)C(C)(C)C. The zero-order valence-corrected chi connectivity index (χ0v) is 7.44. The predicted molar refractivity (Wildman–Crippen MR) is 46.6 cm³/mol. The first-order valence-electron chi connectivity index (χ1n) is 3.05. The molecule has 3 heteroatoms. The fourth-order valence-electron chi connectivity index (χ4n) is 0.256. The van der Waals surface area contributed by atoms with Crippen LogP contribution in [-0.4, -0.2) is 15.2 Å². The summed E-state index contributed by atoms with van der Waals surface area (Å²) in [4.78, 5) is 0. The Morgan fingerprint density at radius 3 is 2.30 bits per heavy atom. The van der Waals surface area contributed by atoms with E-state index < -0.39 is 11.0 Å². The molecule has 0 bridgehead atoms. The molecule has 10 heavy (non-hydrogen) atoms. The molecule has 58 valence electrons. The quantitative estimate of drug-likeness (QED) is 0.564. The molecule has 0 radical (unpaired) electrons. The van der Waals surface area contributed by atoms with Gasteiger partial charge in [0.05, 0.1) is 4.75 Å². The Morgan fingerprint density at radius 1 is 1.50 bits per heavy atom. The van der Waals surface area contributed by atoms with E-state index >= 15 is 0 Å². The van der Waals surface area contributed by atoms with Gasteiger partial charge in [-0.25, -0.2) is 4.21 Å². The Bertz CT molecular complexity index is 167. The van der Waals surface area contributed by atoms with Gasteiger partial charge in [-0.05, 0) is 20.8 Å². The fourth-order valence-corrected chi connectivity index (χ4v) is 0.769. The molecule has 0 N–H and O–H groups in total. The van der Waals surface area contributed by atoms with Crippen LogP contribution in [0.5, 0.6) is 0 Å². The van der Waals surface area contributed by atoms with Crippen LogP contribution in [0.4, 0.5) is 0 Å². The van der Waals surface area contributed by atoms with E-state index in [2.05, 4.69) is 11.0 Å². The van der Waals surface area contributed by atoms with Crippen LogP contribution in [-0.2, 0) is 11.0 Å². The minimum absolute atomic E-state index is 0.264. The third-order valence-corrected chi connectivity index (χ3v) is 2.15. The number of rotatable bonds is 2. The van der Waals surface area contributed by atoms with Crippen molar-refractivity contribution in [3.8, 4) is 0 Å². The molecule has 0 unspecified atom stereocenters. The lowest BCUT2D eigenvalue weighted by atomic mass is 10.3. The van der Waals surface area contributed by atoms with Gasteiger partial charge in [-0.3, -0.25) is 0 Å². The summed E-state index contributed by atoms with van der Waals surface area (Å²) in [6, 6.07) is 0. The minimum Gasteiger partial charge on any atom is -0.234 e. The molecule has 0 fully saturated rings. The highest BCUT2D eigenvalue weighted by Gasteiger charge is 2.17. The van der Waals surface area contributed by atoms with Crippen LogP contribution in [0.15, 0.2) is 17.1 Å². The second-order valence-electron chi connectivity index (χ2n) is 2.85. The summed E-state index contributed by atoms with van der Waals surface area (Å²) < 4.78 is 14.6. The summed E-state index contributed by atoms with van der Waals surface area (Å²) in [7, 11) is -1.14. The molecule has 2 nitrogen and oxygen atoms in total. The van der Waals surface area contributed by atoms with Crippen LogP contribution in [0, 0.1) is 0 Å². The molecule has 1 atom stereocenters. The summed E-state index contributed by atoms with van der Waals surface area (Å²) in [5.41, 5.74) is 0. The normalized spacial score (nSPS) is 15.5. The molecule has 0 rings (SSSR count). The van der Waals surface area contributed by atoms with Crippen molar-refractivity contribution in [2.75, 3.05) is 0 Å². The molecule has 0 aliphatic heterocycles. The maximum atomic E-state index is 11.1. The van der Waals surface area contributed by atoms with E-state index in [-0.39, 0.29) is 4.75 Å². The number of nitrogens with zero attached hydrogens (tertiary/aromatic N) is 1. The molecule has 0 spiro atoms. The monoisotopic (exact) mass is 159 g/mol. The van der Waals surface area contributed by atoms with Crippen molar-refractivity contribution >= 4 is 17.2 Å². The van der Waals surface area contributed by atoms with Crippen molar-refractivity contribution in [2.24, 2.45) is 4.40 Å². The lowest BCUT2D eigenvalue weighted by molar-refractivity contribution is 0.651. The smallest absolute Gasteiger partial charge is 0.144 e. The highest BCUT2D eigenvalue weighted by Crippen LogP contribution is 2.11. The van der Waals surface area contributed by atoms with Crippen molar-refractivity contribution in [1.82, 2.24) is 0 Å². The molecule has 0 aromatic rings. The van der Waals surface area contributed by atoms with Crippen LogP contribution in [0.3, 0.4) is 0 Å². The van der Waals surface area contributed by atoms with E-state index in [1.165, 1.54) is 12.3 Å². The van der Waals surface area contributed by atoms with E-state index in [1.54, 1.807) is 0 Å².